The normalized spacial score (nSPS) is 19.1. The minimum absolute atomic E-state index is 0.0542. The van der Waals surface area contributed by atoms with Crippen molar-refractivity contribution < 1.29 is 22.8 Å². The Kier molecular flexibility index (Phi) is 7.14. The van der Waals surface area contributed by atoms with Crippen molar-refractivity contribution >= 4 is 17.6 Å². The summed E-state index contributed by atoms with van der Waals surface area (Å²) in [6.45, 7) is 2.16. The summed E-state index contributed by atoms with van der Waals surface area (Å²) >= 11 is 0. The van der Waals surface area contributed by atoms with E-state index < -0.39 is 29.6 Å². The molecule has 3 aromatic rings. The highest BCUT2D eigenvalue weighted by Gasteiger charge is 2.37. The summed E-state index contributed by atoms with van der Waals surface area (Å²) in [5, 5.41) is 13.3. The van der Waals surface area contributed by atoms with Crippen LogP contribution in [0.15, 0.2) is 36.8 Å². The predicted octanol–water partition coefficient (Wildman–Crippen LogP) is 3.80. The molecule has 2 amide bonds. The molecule has 12 heteroatoms. The molecule has 0 bridgehead atoms. The SMILES string of the molecule is Cn1nccc1C(=O)N[C@H](C(=O)Nc1ccc(-c2c(C(F)(F)F)cnn2C)cn1)[C@H]1CC[C@H](C)CC1. The second kappa shape index (κ2) is 10.1. The molecule has 0 saturated heterocycles. The van der Waals surface area contributed by atoms with Gasteiger partial charge in [-0.05, 0) is 42.9 Å². The molecule has 192 valence electrons. The van der Waals surface area contributed by atoms with Gasteiger partial charge in [-0.2, -0.15) is 23.4 Å². The van der Waals surface area contributed by atoms with Crippen LogP contribution in [0.2, 0.25) is 0 Å². The number of hydrogen-bond donors (Lipinski definition) is 2. The van der Waals surface area contributed by atoms with Gasteiger partial charge in [-0.15, -0.1) is 0 Å². The number of carbonyl (C=O) groups excluding carboxylic acids is 2. The van der Waals surface area contributed by atoms with Gasteiger partial charge in [-0.25, -0.2) is 4.98 Å². The maximum absolute atomic E-state index is 13.3. The minimum Gasteiger partial charge on any atom is -0.339 e. The molecule has 0 spiro atoms. The molecule has 0 aromatic carbocycles. The van der Waals surface area contributed by atoms with Gasteiger partial charge in [0.15, 0.2) is 0 Å². The quantitative estimate of drug-likeness (QED) is 0.532. The fourth-order valence-electron chi connectivity index (χ4n) is 4.63. The number of halogens is 3. The van der Waals surface area contributed by atoms with Gasteiger partial charge in [0.05, 0.1) is 11.9 Å². The summed E-state index contributed by atoms with van der Waals surface area (Å²) in [5.41, 5.74) is -0.447. The number of aryl methyl sites for hydroxylation is 2. The molecule has 1 fully saturated rings. The van der Waals surface area contributed by atoms with Gasteiger partial charge in [0.2, 0.25) is 5.91 Å². The van der Waals surface area contributed by atoms with Crippen molar-refractivity contribution in [3.8, 4) is 11.3 Å². The van der Waals surface area contributed by atoms with Crippen molar-refractivity contribution in [2.24, 2.45) is 25.9 Å². The first-order chi connectivity index (χ1) is 17.0. The van der Waals surface area contributed by atoms with Crippen LogP contribution >= 0.6 is 0 Å². The van der Waals surface area contributed by atoms with E-state index in [1.165, 1.54) is 36.3 Å². The van der Waals surface area contributed by atoms with Gasteiger partial charge in [0.1, 0.15) is 23.1 Å². The van der Waals surface area contributed by atoms with Crippen molar-refractivity contribution in [1.29, 1.82) is 0 Å². The lowest BCUT2D eigenvalue weighted by Crippen LogP contribution is -2.49. The van der Waals surface area contributed by atoms with Crippen LogP contribution < -0.4 is 10.6 Å². The van der Waals surface area contributed by atoms with Gasteiger partial charge in [-0.1, -0.05) is 19.8 Å². The van der Waals surface area contributed by atoms with E-state index in [9.17, 15) is 22.8 Å². The van der Waals surface area contributed by atoms with Gasteiger partial charge in [0.25, 0.3) is 5.91 Å². The van der Waals surface area contributed by atoms with E-state index >= 15 is 0 Å². The van der Waals surface area contributed by atoms with Crippen LogP contribution in [0.25, 0.3) is 11.3 Å². The number of hydrogen-bond acceptors (Lipinski definition) is 5. The first-order valence-electron chi connectivity index (χ1n) is 11.7. The maximum atomic E-state index is 13.3. The standard InChI is InChI=1S/C24H28F3N7O2/c1-14-4-6-15(7-5-14)20(32-22(35)18-10-11-29-33(18)2)23(36)31-19-9-8-16(12-28-19)21-17(24(25,26)27)13-30-34(21)3/h8-15,20H,4-7H2,1-3H3,(H,32,35)(H,28,31,36)/t14-,15-,20-/m0/s1. The van der Waals surface area contributed by atoms with Gasteiger partial charge in [-0.3, -0.25) is 19.0 Å². The number of amides is 2. The Morgan fingerprint density at radius 2 is 1.75 bits per heavy atom. The molecule has 4 rings (SSSR count). The molecule has 1 aliphatic rings. The van der Waals surface area contributed by atoms with Crippen molar-refractivity contribution in [3.63, 3.8) is 0 Å². The molecule has 0 radical (unpaired) electrons. The van der Waals surface area contributed by atoms with E-state index in [-0.39, 0.29) is 23.0 Å². The van der Waals surface area contributed by atoms with Crippen LogP contribution in [0.5, 0.6) is 0 Å². The largest absolute Gasteiger partial charge is 0.420 e. The van der Waals surface area contributed by atoms with E-state index in [1.807, 2.05) is 0 Å². The zero-order valence-corrected chi connectivity index (χ0v) is 20.2. The summed E-state index contributed by atoms with van der Waals surface area (Å²) in [4.78, 5) is 30.3. The van der Waals surface area contributed by atoms with E-state index in [4.69, 9.17) is 0 Å². The first kappa shape index (κ1) is 25.4. The van der Waals surface area contributed by atoms with Crippen LogP contribution in [0.4, 0.5) is 19.0 Å². The number of carbonyl (C=O) groups is 2. The lowest BCUT2D eigenvalue weighted by molar-refractivity contribution is -0.137. The fourth-order valence-corrected chi connectivity index (χ4v) is 4.63. The van der Waals surface area contributed by atoms with Gasteiger partial charge >= 0.3 is 6.18 Å². The third kappa shape index (κ3) is 5.42. The summed E-state index contributed by atoms with van der Waals surface area (Å²) in [6, 6.07) is 3.65. The van der Waals surface area contributed by atoms with E-state index in [0.29, 0.717) is 11.6 Å². The van der Waals surface area contributed by atoms with Gasteiger partial charge < -0.3 is 10.6 Å². The number of aromatic nitrogens is 5. The Hall–Kier alpha value is -3.70. The Balaban J connectivity index is 1.53. The Labute approximate surface area is 206 Å². The predicted molar refractivity (Wildman–Crippen MR) is 126 cm³/mol. The number of anilines is 1. The average molecular weight is 504 g/mol. The van der Waals surface area contributed by atoms with Crippen LogP contribution in [-0.4, -0.2) is 42.4 Å². The monoisotopic (exact) mass is 503 g/mol. The average Bonchev–Trinajstić information content (AvgIpc) is 3.44. The van der Waals surface area contributed by atoms with Crippen molar-refractivity contribution in [3.05, 3.63) is 48.0 Å². The lowest BCUT2D eigenvalue weighted by atomic mass is 9.79. The molecule has 1 saturated carbocycles. The van der Waals surface area contributed by atoms with E-state index in [1.54, 1.807) is 13.1 Å². The highest BCUT2D eigenvalue weighted by molar-refractivity contribution is 6.00. The fraction of sp³-hybridized carbons (Fsp3) is 0.458. The second-order valence-electron chi connectivity index (χ2n) is 9.26. The molecule has 0 aliphatic heterocycles. The number of nitrogens with one attached hydrogen (secondary N) is 2. The number of pyridine rings is 1. The maximum Gasteiger partial charge on any atom is 0.420 e. The molecule has 2 N–H and O–H groups in total. The molecule has 1 aliphatic carbocycles. The van der Waals surface area contributed by atoms with Crippen LogP contribution in [0.1, 0.15) is 48.7 Å². The summed E-state index contributed by atoms with van der Waals surface area (Å²) < 4.78 is 42.6. The highest BCUT2D eigenvalue weighted by Crippen LogP contribution is 2.36. The van der Waals surface area contributed by atoms with E-state index in [2.05, 4.69) is 32.7 Å². The van der Waals surface area contributed by atoms with Crippen LogP contribution in [0, 0.1) is 11.8 Å². The highest BCUT2D eigenvalue weighted by atomic mass is 19.4. The van der Waals surface area contributed by atoms with Crippen molar-refractivity contribution in [2.75, 3.05) is 5.32 Å². The zero-order chi connectivity index (χ0) is 26.0. The number of nitrogens with zero attached hydrogens (tertiary/aromatic N) is 5. The third-order valence-electron chi connectivity index (χ3n) is 6.69. The molecule has 9 nitrogen and oxygen atoms in total. The number of alkyl halides is 3. The minimum atomic E-state index is -4.56. The van der Waals surface area contributed by atoms with Crippen LogP contribution in [0.3, 0.4) is 0 Å². The number of rotatable bonds is 6. The van der Waals surface area contributed by atoms with Gasteiger partial charge in [0, 0.05) is 32.1 Å². The Morgan fingerprint density at radius 1 is 1.03 bits per heavy atom. The van der Waals surface area contributed by atoms with Crippen molar-refractivity contribution in [1.82, 2.24) is 29.9 Å². The molecular formula is C24H28F3N7O2. The third-order valence-corrected chi connectivity index (χ3v) is 6.69. The molecule has 0 unspecified atom stereocenters. The molecule has 1 atom stereocenters. The Bertz CT molecular complexity index is 1230. The topological polar surface area (TPSA) is 107 Å². The second-order valence-corrected chi connectivity index (χ2v) is 9.26. The smallest absolute Gasteiger partial charge is 0.339 e. The summed E-state index contributed by atoms with van der Waals surface area (Å²) in [7, 11) is 3.06. The molecule has 36 heavy (non-hydrogen) atoms. The first-order valence-corrected chi connectivity index (χ1v) is 11.7. The van der Waals surface area contributed by atoms with Crippen LogP contribution in [-0.2, 0) is 25.1 Å². The summed E-state index contributed by atoms with van der Waals surface area (Å²) in [6.07, 6.45) is 2.46. The molecular weight excluding hydrogens is 475 g/mol. The molecule has 3 heterocycles. The molecule has 3 aromatic heterocycles. The zero-order valence-electron chi connectivity index (χ0n) is 20.2. The van der Waals surface area contributed by atoms with E-state index in [0.717, 1.165) is 36.6 Å². The van der Waals surface area contributed by atoms with Crippen molar-refractivity contribution in [2.45, 2.75) is 44.8 Å². The lowest BCUT2D eigenvalue weighted by Gasteiger charge is -2.32. The summed E-state index contributed by atoms with van der Waals surface area (Å²) in [5.74, 6) is -0.166. The Morgan fingerprint density at radius 3 is 2.33 bits per heavy atom.